The summed E-state index contributed by atoms with van der Waals surface area (Å²) >= 11 is 1.62. The third-order valence-electron chi connectivity index (χ3n) is 4.42. The maximum atomic E-state index is 12.6. The third kappa shape index (κ3) is 2.73. The Labute approximate surface area is 143 Å². The summed E-state index contributed by atoms with van der Waals surface area (Å²) in [6.07, 6.45) is 5.56. The molecule has 0 fully saturated rings. The number of nitrogens with zero attached hydrogens (tertiary/aromatic N) is 6. The van der Waals surface area contributed by atoms with Crippen LogP contribution in [-0.2, 0) is 24.3 Å². The molecule has 3 aromatic rings. The number of imidazole rings is 1. The summed E-state index contributed by atoms with van der Waals surface area (Å²) in [4.78, 5) is 23.1. The second-order valence-corrected chi connectivity index (χ2v) is 6.70. The summed E-state index contributed by atoms with van der Waals surface area (Å²) < 4.78 is 3.98. The average molecular weight is 342 g/mol. The molecule has 1 amide bonds. The van der Waals surface area contributed by atoms with E-state index in [9.17, 15) is 4.79 Å². The number of amides is 1. The topological polar surface area (TPSA) is 68.8 Å². The van der Waals surface area contributed by atoms with E-state index in [0.717, 1.165) is 23.6 Å². The van der Waals surface area contributed by atoms with Gasteiger partial charge in [-0.3, -0.25) is 4.79 Å². The van der Waals surface area contributed by atoms with Gasteiger partial charge in [-0.25, -0.2) is 14.6 Å². The van der Waals surface area contributed by atoms with Gasteiger partial charge in [0.25, 0.3) is 0 Å². The maximum absolute atomic E-state index is 12.6. The lowest BCUT2D eigenvalue weighted by Gasteiger charge is -2.34. The second kappa shape index (κ2) is 6.20. The summed E-state index contributed by atoms with van der Waals surface area (Å²) in [5.41, 5.74) is 2.17. The van der Waals surface area contributed by atoms with Gasteiger partial charge in [0.2, 0.25) is 5.91 Å². The molecule has 1 atom stereocenters. The van der Waals surface area contributed by atoms with Crippen molar-refractivity contribution in [1.29, 1.82) is 0 Å². The predicted octanol–water partition coefficient (Wildman–Crippen LogP) is 1.73. The normalized spacial score (nSPS) is 17.0. The Balaban J connectivity index is 1.51. The molecule has 1 aliphatic rings. The van der Waals surface area contributed by atoms with Crippen molar-refractivity contribution in [3.8, 4) is 0 Å². The summed E-state index contributed by atoms with van der Waals surface area (Å²) in [5, 5.41) is 8.18. The van der Waals surface area contributed by atoms with Crippen LogP contribution in [0, 0.1) is 0 Å². The van der Waals surface area contributed by atoms with Gasteiger partial charge in [-0.15, -0.1) is 0 Å². The Morgan fingerprint density at radius 2 is 2.33 bits per heavy atom. The van der Waals surface area contributed by atoms with Crippen molar-refractivity contribution in [1.82, 2.24) is 29.2 Å². The smallest absolute Gasteiger partial charge is 0.227 e. The van der Waals surface area contributed by atoms with Crippen LogP contribution in [0.3, 0.4) is 0 Å². The van der Waals surface area contributed by atoms with Crippen LogP contribution in [0.25, 0.3) is 0 Å². The van der Waals surface area contributed by atoms with Crippen molar-refractivity contribution >= 4 is 17.2 Å². The molecule has 7 nitrogen and oxygen atoms in total. The van der Waals surface area contributed by atoms with Crippen molar-refractivity contribution in [2.75, 3.05) is 6.54 Å². The van der Waals surface area contributed by atoms with Gasteiger partial charge in [-0.2, -0.15) is 16.4 Å². The maximum Gasteiger partial charge on any atom is 0.227 e. The monoisotopic (exact) mass is 342 g/mol. The van der Waals surface area contributed by atoms with Crippen molar-refractivity contribution in [3.63, 3.8) is 0 Å². The molecule has 124 valence electrons. The predicted molar refractivity (Wildman–Crippen MR) is 89.5 cm³/mol. The van der Waals surface area contributed by atoms with Crippen molar-refractivity contribution < 1.29 is 4.79 Å². The van der Waals surface area contributed by atoms with Gasteiger partial charge in [0.1, 0.15) is 18.5 Å². The van der Waals surface area contributed by atoms with E-state index in [4.69, 9.17) is 0 Å². The van der Waals surface area contributed by atoms with Crippen LogP contribution >= 0.6 is 11.3 Å². The number of fused-ring (bicyclic) bond motifs is 1. The molecule has 3 aromatic heterocycles. The molecule has 4 heterocycles. The molecule has 0 aliphatic carbocycles. The van der Waals surface area contributed by atoms with Gasteiger partial charge in [-0.05, 0) is 29.3 Å². The van der Waals surface area contributed by atoms with E-state index in [-0.39, 0.29) is 11.9 Å². The van der Waals surface area contributed by atoms with Gasteiger partial charge in [0, 0.05) is 13.1 Å². The van der Waals surface area contributed by atoms with E-state index < -0.39 is 0 Å². The highest BCUT2D eigenvalue weighted by atomic mass is 32.1. The van der Waals surface area contributed by atoms with E-state index in [1.165, 1.54) is 6.33 Å². The van der Waals surface area contributed by atoms with Crippen LogP contribution in [-0.4, -0.2) is 41.7 Å². The van der Waals surface area contributed by atoms with Crippen LogP contribution in [0.5, 0.6) is 0 Å². The van der Waals surface area contributed by atoms with Gasteiger partial charge in [0.15, 0.2) is 0 Å². The lowest BCUT2D eigenvalue weighted by Crippen LogP contribution is -2.42. The fourth-order valence-electron chi connectivity index (χ4n) is 3.18. The zero-order chi connectivity index (χ0) is 16.5. The number of carbonyl (C=O) groups excluding carboxylic acids is 1. The Hall–Kier alpha value is -2.48. The first-order valence-electron chi connectivity index (χ1n) is 7.89. The van der Waals surface area contributed by atoms with Gasteiger partial charge in [0.05, 0.1) is 30.9 Å². The fourth-order valence-corrected chi connectivity index (χ4v) is 3.84. The second-order valence-electron chi connectivity index (χ2n) is 5.92. The first-order valence-corrected chi connectivity index (χ1v) is 8.84. The molecule has 0 spiro atoms. The lowest BCUT2D eigenvalue weighted by atomic mass is 10.1. The zero-order valence-corrected chi connectivity index (χ0v) is 14.2. The number of carbonyl (C=O) groups is 1. The van der Waals surface area contributed by atoms with Crippen LogP contribution in [0.4, 0.5) is 0 Å². The number of thiophene rings is 1. The SMILES string of the molecule is CC1c2ncc(Cn3cncn3)n2CCN1C(=O)Cc1ccsc1. The average Bonchev–Trinajstić information content (AvgIpc) is 3.31. The van der Waals surface area contributed by atoms with E-state index in [0.29, 0.717) is 19.5 Å². The highest BCUT2D eigenvalue weighted by Gasteiger charge is 2.30. The van der Waals surface area contributed by atoms with Crippen molar-refractivity contribution in [3.05, 3.63) is 52.8 Å². The Kier molecular flexibility index (Phi) is 3.89. The lowest BCUT2D eigenvalue weighted by molar-refractivity contribution is -0.133. The van der Waals surface area contributed by atoms with E-state index in [1.807, 2.05) is 34.8 Å². The molecule has 0 saturated carbocycles. The Bertz CT molecular complexity index is 823. The summed E-state index contributed by atoms with van der Waals surface area (Å²) in [7, 11) is 0. The molecule has 0 aromatic carbocycles. The van der Waals surface area contributed by atoms with Crippen LogP contribution in [0.15, 0.2) is 35.7 Å². The van der Waals surface area contributed by atoms with Gasteiger partial charge >= 0.3 is 0 Å². The van der Waals surface area contributed by atoms with Crippen molar-refractivity contribution in [2.45, 2.75) is 32.5 Å². The highest BCUT2D eigenvalue weighted by molar-refractivity contribution is 7.07. The molecular formula is C16H18N6OS. The quantitative estimate of drug-likeness (QED) is 0.724. The number of aromatic nitrogens is 5. The molecule has 0 radical (unpaired) electrons. The molecule has 24 heavy (non-hydrogen) atoms. The van der Waals surface area contributed by atoms with Crippen LogP contribution in [0.2, 0.25) is 0 Å². The summed E-state index contributed by atoms with van der Waals surface area (Å²) in [6.45, 7) is 4.16. The minimum atomic E-state index is -0.0191. The van der Waals surface area contributed by atoms with Crippen LogP contribution in [0.1, 0.15) is 30.0 Å². The largest absolute Gasteiger partial charge is 0.331 e. The molecule has 1 unspecified atom stereocenters. The Morgan fingerprint density at radius 3 is 3.08 bits per heavy atom. The highest BCUT2D eigenvalue weighted by Crippen LogP contribution is 2.26. The third-order valence-corrected chi connectivity index (χ3v) is 5.15. The zero-order valence-electron chi connectivity index (χ0n) is 13.4. The van der Waals surface area contributed by atoms with E-state index in [2.05, 4.69) is 19.6 Å². The number of hydrogen-bond acceptors (Lipinski definition) is 5. The minimum Gasteiger partial charge on any atom is -0.331 e. The first kappa shape index (κ1) is 15.1. The molecule has 0 bridgehead atoms. The van der Waals surface area contributed by atoms with Gasteiger partial charge in [-0.1, -0.05) is 0 Å². The molecule has 4 rings (SSSR count). The first-order chi connectivity index (χ1) is 11.7. The minimum absolute atomic E-state index is 0.0191. The molecule has 0 N–H and O–H groups in total. The fraction of sp³-hybridized carbons (Fsp3) is 0.375. The van der Waals surface area contributed by atoms with Gasteiger partial charge < -0.3 is 9.47 Å². The molecular weight excluding hydrogens is 324 g/mol. The van der Waals surface area contributed by atoms with Crippen LogP contribution < -0.4 is 0 Å². The summed E-state index contributed by atoms with van der Waals surface area (Å²) in [6, 6.07) is 1.99. The molecule has 1 aliphatic heterocycles. The molecule has 8 heteroatoms. The van der Waals surface area contributed by atoms with E-state index >= 15 is 0 Å². The summed E-state index contributed by atoms with van der Waals surface area (Å²) in [5.74, 6) is 1.10. The standard InChI is InChI=1S/C16H18N6OS/c1-12-16-18-7-14(8-20-11-17-10-19-20)22(16)4-3-21(12)15(23)6-13-2-5-24-9-13/h2,5,7,9-12H,3-4,6,8H2,1H3. The number of hydrogen-bond donors (Lipinski definition) is 0. The van der Waals surface area contributed by atoms with Crippen molar-refractivity contribution in [2.24, 2.45) is 0 Å². The Morgan fingerprint density at radius 1 is 1.42 bits per heavy atom. The molecule has 0 saturated heterocycles. The van der Waals surface area contributed by atoms with E-state index in [1.54, 1.807) is 22.3 Å². The number of rotatable bonds is 4.